The number of hydrogen-bond donors (Lipinski definition) is 1. The average molecular weight is 342 g/mol. The van der Waals surface area contributed by atoms with Crippen LogP contribution < -0.4 is 10.1 Å². The second-order valence-corrected chi connectivity index (χ2v) is 6.68. The van der Waals surface area contributed by atoms with Crippen LogP contribution in [0.1, 0.15) is 25.8 Å². The van der Waals surface area contributed by atoms with Gasteiger partial charge < -0.3 is 14.8 Å². The number of ether oxygens (including phenoxy) is 2. The predicted molar refractivity (Wildman–Crippen MR) is 85.1 cm³/mol. The molecule has 0 aromatic heterocycles. The summed E-state index contributed by atoms with van der Waals surface area (Å²) < 4.78 is 12.3. The first-order valence-electron chi connectivity index (χ1n) is 7.35. The molecule has 2 rings (SSSR count). The van der Waals surface area contributed by atoms with Crippen molar-refractivity contribution in [2.24, 2.45) is 11.8 Å². The number of benzene rings is 1. The second kappa shape index (κ2) is 8.01. The van der Waals surface area contributed by atoms with Gasteiger partial charge in [-0.1, -0.05) is 19.9 Å². The molecule has 0 radical (unpaired) electrons. The Kier molecular flexibility index (Phi) is 6.33. The van der Waals surface area contributed by atoms with Gasteiger partial charge in [-0.25, -0.2) is 0 Å². The van der Waals surface area contributed by atoms with Crippen LogP contribution in [0.3, 0.4) is 0 Å². The van der Waals surface area contributed by atoms with E-state index in [1.54, 1.807) is 0 Å². The third-order valence-electron chi connectivity index (χ3n) is 3.38. The minimum Gasteiger partial charge on any atom is -0.492 e. The standard InChI is InChI=1S/C16H24BrNO2/c1-12(2)8-18-9-13-3-4-16(15(17)7-13)20-11-14-5-6-19-10-14/h3-4,7,12,14,18H,5-6,8-11H2,1-2H3. The van der Waals surface area contributed by atoms with Gasteiger partial charge in [-0.15, -0.1) is 0 Å². The molecule has 1 N–H and O–H groups in total. The molecular weight excluding hydrogens is 318 g/mol. The number of rotatable bonds is 7. The molecule has 3 nitrogen and oxygen atoms in total. The maximum absolute atomic E-state index is 5.87. The lowest BCUT2D eigenvalue weighted by Gasteiger charge is -2.13. The van der Waals surface area contributed by atoms with Crippen molar-refractivity contribution < 1.29 is 9.47 Å². The largest absolute Gasteiger partial charge is 0.492 e. The molecule has 0 aliphatic carbocycles. The van der Waals surface area contributed by atoms with Crippen molar-refractivity contribution in [3.8, 4) is 5.75 Å². The fourth-order valence-corrected chi connectivity index (χ4v) is 2.74. The van der Waals surface area contributed by atoms with E-state index >= 15 is 0 Å². The van der Waals surface area contributed by atoms with E-state index in [-0.39, 0.29) is 0 Å². The van der Waals surface area contributed by atoms with E-state index in [2.05, 4.69) is 47.2 Å². The van der Waals surface area contributed by atoms with Crippen LogP contribution in [-0.4, -0.2) is 26.4 Å². The van der Waals surface area contributed by atoms with Gasteiger partial charge >= 0.3 is 0 Å². The first-order chi connectivity index (χ1) is 9.65. The molecule has 1 aromatic rings. The highest BCUT2D eigenvalue weighted by atomic mass is 79.9. The van der Waals surface area contributed by atoms with Crippen LogP contribution in [0, 0.1) is 11.8 Å². The van der Waals surface area contributed by atoms with Crippen molar-refractivity contribution in [3.63, 3.8) is 0 Å². The Balaban J connectivity index is 1.81. The summed E-state index contributed by atoms with van der Waals surface area (Å²) in [4.78, 5) is 0. The summed E-state index contributed by atoms with van der Waals surface area (Å²) in [7, 11) is 0. The van der Waals surface area contributed by atoms with Crippen LogP contribution >= 0.6 is 15.9 Å². The van der Waals surface area contributed by atoms with Crippen molar-refractivity contribution in [1.82, 2.24) is 5.32 Å². The van der Waals surface area contributed by atoms with E-state index in [9.17, 15) is 0 Å². The molecule has 0 bridgehead atoms. The third kappa shape index (κ3) is 5.08. The minimum atomic E-state index is 0.536. The summed E-state index contributed by atoms with van der Waals surface area (Å²) in [6, 6.07) is 6.30. The highest BCUT2D eigenvalue weighted by molar-refractivity contribution is 9.10. The molecule has 0 saturated carbocycles. The van der Waals surface area contributed by atoms with E-state index in [0.29, 0.717) is 11.8 Å². The van der Waals surface area contributed by atoms with Gasteiger partial charge in [-0.2, -0.15) is 0 Å². The molecule has 0 spiro atoms. The molecular formula is C16H24BrNO2. The summed E-state index contributed by atoms with van der Waals surface area (Å²) in [6.07, 6.45) is 1.11. The van der Waals surface area contributed by atoms with Crippen molar-refractivity contribution >= 4 is 15.9 Å². The fraction of sp³-hybridized carbons (Fsp3) is 0.625. The van der Waals surface area contributed by atoms with Gasteiger partial charge in [0, 0.05) is 19.1 Å². The van der Waals surface area contributed by atoms with E-state index < -0.39 is 0 Å². The average Bonchev–Trinajstić information content (AvgIpc) is 2.90. The zero-order valence-electron chi connectivity index (χ0n) is 12.3. The predicted octanol–water partition coefficient (Wildman–Crippen LogP) is 3.61. The molecule has 1 fully saturated rings. The van der Waals surface area contributed by atoms with E-state index in [4.69, 9.17) is 9.47 Å². The van der Waals surface area contributed by atoms with Gasteiger partial charge in [0.1, 0.15) is 5.75 Å². The van der Waals surface area contributed by atoms with Crippen LogP contribution in [0.4, 0.5) is 0 Å². The zero-order valence-corrected chi connectivity index (χ0v) is 13.9. The lowest BCUT2D eigenvalue weighted by Crippen LogP contribution is -2.19. The highest BCUT2D eigenvalue weighted by Gasteiger charge is 2.16. The molecule has 1 atom stereocenters. The van der Waals surface area contributed by atoms with E-state index in [1.807, 2.05) is 6.07 Å². The molecule has 4 heteroatoms. The Hall–Kier alpha value is -0.580. The van der Waals surface area contributed by atoms with Gasteiger partial charge in [0.05, 0.1) is 17.7 Å². The molecule has 1 heterocycles. The summed E-state index contributed by atoms with van der Waals surface area (Å²) in [5.41, 5.74) is 1.27. The van der Waals surface area contributed by atoms with E-state index in [0.717, 1.165) is 49.6 Å². The third-order valence-corrected chi connectivity index (χ3v) is 4.00. The van der Waals surface area contributed by atoms with Crippen LogP contribution in [0.25, 0.3) is 0 Å². The normalized spacial score (nSPS) is 18.7. The van der Waals surface area contributed by atoms with Crippen molar-refractivity contribution in [2.75, 3.05) is 26.4 Å². The summed E-state index contributed by atoms with van der Waals surface area (Å²) in [6.45, 7) is 8.80. The van der Waals surface area contributed by atoms with Crippen LogP contribution in [0.2, 0.25) is 0 Å². The lowest BCUT2D eigenvalue weighted by molar-refractivity contribution is 0.167. The Labute approximate surface area is 130 Å². The molecule has 1 saturated heterocycles. The number of nitrogens with one attached hydrogen (secondary N) is 1. The van der Waals surface area contributed by atoms with Gasteiger partial charge in [0.2, 0.25) is 0 Å². The van der Waals surface area contributed by atoms with Gasteiger partial charge in [-0.3, -0.25) is 0 Å². The SMILES string of the molecule is CC(C)CNCc1ccc(OCC2CCOC2)c(Br)c1. The van der Waals surface area contributed by atoms with E-state index in [1.165, 1.54) is 5.56 Å². The summed E-state index contributed by atoms with van der Waals surface area (Å²) in [5.74, 6) is 2.13. The first-order valence-corrected chi connectivity index (χ1v) is 8.14. The quantitative estimate of drug-likeness (QED) is 0.821. The maximum atomic E-state index is 5.87. The van der Waals surface area contributed by atoms with Crippen LogP contribution in [0.15, 0.2) is 22.7 Å². The van der Waals surface area contributed by atoms with Crippen molar-refractivity contribution in [2.45, 2.75) is 26.8 Å². The minimum absolute atomic E-state index is 0.536. The molecule has 1 aromatic carbocycles. The molecule has 1 aliphatic heterocycles. The molecule has 112 valence electrons. The maximum Gasteiger partial charge on any atom is 0.133 e. The number of hydrogen-bond acceptors (Lipinski definition) is 3. The lowest BCUT2D eigenvalue weighted by atomic mass is 10.1. The van der Waals surface area contributed by atoms with Crippen molar-refractivity contribution in [3.05, 3.63) is 28.2 Å². The molecule has 20 heavy (non-hydrogen) atoms. The van der Waals surface area contributed by atoms with Crippen LogP contribution in [0.5, 0.6) is 5.75 Å². The smallest absolute Gasteiger partial charge is 0.133 e. The Morgan fingerprint density at radius 3 is 2.95 bits per heavy atom. The molecule has 1 unspecified atom stereocenters. The Bertz CT molecular complexity index is 417. The fourth-order valence-electron chi connectivity index (χ4n) is 2.20. The summed E-state index contributed by atoms with van der Waals surface area (Å²) >= 11 is 3.59. The van der Waals surface area contributed by atoms with Gasteiger partial charge in [-0.05, 0) is 52.5 Å². The monoisotopic (exact) mass is 341 g/mol. The zero-order chi connectivity index (χ0) is 14.4. The molecule has 0 amide bonds. The molecule has 1 aliphatic rings. The van der Waals surface area contributed by atoms with Crippen molar-refractivity contribution in [1.29, 1.82) is 0 Å². The van der Waals surface area contributed by atoms with Gasteiger partial charge in [0.25, 0.3) is 0 Å². The number of halogens is 1. The second-order valence-electron chi connectivity index (χ2n) is 5.83. The summed E-state index contributed by atoms with van der Waals surface area (Å²) in [5, 5.41) is 3.45. The van der Waals surface area contributed by atoms with Gasteiger partial charge in [0.15, 0.2) is 0 Å². The topological polar surface area (TPSA) is 30.5 Å². The Morgan fingerprint density at radius 2 is 2.30 bits per heavy atom. The first kappa shape index (κ1) is 15.8. The Morgan fingerprint density at radius 1 is 1.45 bits per heavy atom. The van der Waals surface area contributed by atoms with Crippen LogP contribution in [-0.2, 0) is 11.3 Å². The highest BCUT2D eigenvalue weighted by Crippen LogP contribution is 2.27.